The second-order valence-electron chi connectivity index (χ2n) is 5.53. The predicted molar refractivity (Wildman–Crippen MR) is 64.9 cm³/mol. The number of likely N-dealkylation sites (tertiary alicyclic amines) is 1. The standard InChI is InChI=1S/C13H26N2/c1-12-7-6-10-15(12)13(11-14)8-4-2-3-5-9-13/h12H,2-11,14H2,1H3. The Kier molecular flexibility index (Phi) is 3.68. The highest BCUT2D eigenvalue weighted by Gasteiger charge is 2.39. The summed E-state index contributed by atoms with van der Waals surface area (Å²) in [5.74, 6) is 0. The van der Waals surface area contributed by atoms with E-state index in [2.05, 4.69) is 11.8 Å². The van der Waals surface area contributed by atoms with Crippen LogP contribution in [0.25, 0.3) is 0 Å². The Hall–Kier alpha value is -0.0800. The lowest BCUT2D eigenvalue weighted by molar-refractivity contribution is 0.0718. The van der Waals surface area contributed by atoms with Gasteiger partial charge in [0.1, 0.15) is 0 Å². The zero-order valence-corrected chi connectivity index (χ0v) is 10.2. The molecule has 1 aliphatic heterocycles. The van der Waals surface area contributed by atoms with Gasteiger partial charge < -0.3 is 5.73 Å². The molecule has 1 saturated heterocycles. The van der Waals surface area contributed by atoms with Crippen molar-refractivity contribution in [3.8, 4) is 0 Å². The zero-order valence-electron chi connectivity index (χ0n) is 10.2. The van der Waals surface area contributed by atoms with E-state index in [1.54, 1.807) is 0 Å². The molecule has 2 N–H and O–H groups in total. The van der Waals surface area contributed by atoms with Gasteiger partial charge in [-0.2, -0.15) is 0 Å². The van der Waals surface area contributed by atoms with Gasteiger partial charge in [-0.05, 0) is 39.2 Å². The van der Waals surface area contributed by atoms with E-state index in [4.69, 9.17) is 5.73 Å². The van der Waals surface area contributed by atoms with Crippen molar-refractivity contribution >= 4 is 0 Å². The average Bonchev–Trinajstić information content (AvgIpc) is 2.56. The second-order valence-corrected chi connectivity index (χ2v) is 5.53. The Morgan fingerprint density at radius 1 is 1.13 bits per heavy atom. The first kappa shape index (κ1) is 11.4. The molecule has 0 spiro atoms. The van der Waals surface area contributed by atoms with Crippen LogP contribution >= 0.6 is 0 Å². The van der Waals surface area contributed by atoms with Crippen LogP contribution in [0.4, 0.5) is 0 Å². The molecule has 1 unspecified atom stereocenters. The van der Waals surface area contributed by atoms with Crippen LogP contribution in [0.1, 0.15) is 58.3 Å². The highest BCUT2D eigenvalue weighted by molar-refractivity contribution is 4.97. The molecule has 0 aromatic heterocycles. The molecular weight excluding hydrogens is 184 g/mol. The summed E-state index contributed by atoms with van der Waals surface area (Å²) in [6.45, 7) is 4.55. The summed E-state index contributed by atoms with van der Waals surface area (Å²) in [7, 11) is 0. The van der Waals surface area contributed by atoms with Crippen LogP contribution in [-0.2, 0) is 0 Å². The molecule has 0 aromatic carbocycles. The molecule has 2 heteroatoms. The Balaban J connectivity index is 2.10. The van der Waals surface area contributed by atoms with Crippen molar-refractivity contribution < 1.29 is 0 Å². The Bertz CT molecular complexity index is 195. The minimum atomic E-state index is 0.367. The van der Waals surface area contributed by atoms with Crippen LogP contribution in [-0.4, -0.2) is 29.6 Å². The maximum Gasteiger partial charge on any atom is 0.0334 e. The third-order valence-corrected chi connectivity index (χ3v) is 4.58. The van der Waals surface area contributed by atoms with Crippen LogP contribution in [0.2, 0.25) is 0 Å². The fraction of sp³-hybridized carbons (Fsp3) is 1.00. The molecule has 0 radical (unpaired) electrons. The number of hydrogen-bond donors (Lipinski definition) is 1. The third-order valence-electron chi connectivity index (χ3n) is 4.58. The zero-order chi connectivity index (χ0) is 10.7. The summed E-state index contributed by atoms with van der Waals surface area (Å²) >= 11 is 0. The summed E-state index contributed by atoms with van der Waals surface area (Å²) in [4.78, 5) is 2.73. The summed E-state index contributed by atoms with van der Waals surface area (Å²) in [5, 5.41) is 0. The van der Waals surface area contributed by atoms with E-state index in [9.17, 15) is 0 Å². The van der Waals surface area contributed by atoms with E-state index in [1.807, 2.05) is 0 Å². The van der Waals surface area contributed by atoms with Crippen LogP contribution < -0.4 is 5.73 Å². The number of rotatable bonds is 2. The van der Waals surface area contributed by atoms with Crippen molar-refractivity contribution in [1.29, 1.82) is 0 Å². The first-order chi connectivity index (χ1) is 7.28. The van der Waals surface area contributed by atoms with Gasteiger partial charge in [-0.1, -0.05) is 25.7 Å². The lowest BCUT2D eigenvalue weighted by Gasteiger charge is -2.43. The van der Waals surface area contributed by atoms with Gasteiger partial charge in [0.2, 0.25) is 0 Å². The lowest BCUT2D eigenvalue weighted by atomic mass is 9.87. The maximum absolute atomic E-state index is 6.11. The normalized spacial score (nSPS) is 32.8. The maximum atomic E-state index is 6.11. The first-order valence-electron chi connectivity index (χ1n) is 6.75. The van der Waals surface area contributed by atoms with E-state index in [1.165, 1.54) is 57.9 Å². The molecule has 0 aromatic rings. The van der Waals surface area contributed by atoms with Crippen molar-refractivity contribution in [3.63, 3.8) is 0 Å². The molecule has 15 heavy (non-hydrogen) atoms. The van der Waals surface area contributed by atoms with Gasteiger partial charge in [0.25, 0.3) is 0 Å². The largest absolute Gasteiger partial charge is 0.329 e. The van der Waals surface area contributed by atoms with Gasteiger partial charge in [-0.15, -0.1) is 0 Å². The third kappa shape index (κ3) is 2.21. The van der Waals surface area contributed by atoms with Crippen molar-refractivity contribution in [2.75, 3.05) is 13.1 Å². The molecule has 2 rings (SSSR count). The Morgan fingerprint density at radius 2 is 1.80 bits per heavy atom. The van der Waals surface area contributed by atoms with Crippen molar-refractivity contribution in [2.24, 2.45) is 5.73 Å². The van der Waals surface area contributed by atoms with Crippen LogP contribution in [0.3, 0.4) is 0 Å². The van der Waals surface area contributed by atoms with E-state index >= 15 is 0 Å². The van der Waals surface area contributed by atoms with Crippen molar-refractivity contribution in [1.82, 2.24) is 4.90 Å². The van der Waals surface area contributed by atoms with Gasteiger partial charge in [0.05, 0.1) is 0 Å². The van der Waals surface area contributed by atoms with Crippen LogP contribution in [0.5, 0.6) is 0 Å². The summed E-state index contributed by atoms with van der Waals surface area (Å²) in [6, 6.07) is 0.770. The molecule has 1 aliphatic carbocycles. The molecule has 0 bridgehead atoms. The van der Waals surface area contributed by atoms with Crippen LogP contribution in [0, 0.1) is 0 Å². The molecule has 0 amide bonds. The molecule has 1 saturated carbocycles. The smallest absolute Gasteiger partial charge is 0.0334 e. The van der Waals surface area contributed by atoms with Crippen molar-refractivity contribution in [2.45, 2.75) is 69.9 Å². The van der Waals surface area contributed by atoms with E-state index in [0.29, 0.717) is 5.54 Å². The average molecular weight is 210 g/mol. The van der Waals surface area contributed by atoms with Gasteiger partial charge in [-0.3, -0.25) is 4.90 Å². The fourth-order valence-electron chi connectivity index (χ4n) is 3.63. The van der Waals surface area contributed by atoms with Gasteiger partial charge >= 0.3 is 0 Å². The van der Waals surface area contributed by atoms with Gasteiger partial charge in [0, 0.05) is 18.1 Å². The first-order valence-corrected chi connectivity index (χ1v) is 6.75. The van der Waals surface area contributed by atoms with Crippen molar-refractivity contribution in [3.05, 3.63) is 0 Å². The second kappa shape index (κ2) is 4.84. The SMILES string of the molecule is CC1CCCN1C1(CN)CCCCCC1. The van der Waals surface area contributed by atoms with E-state index < -0.39 is 0 Å². The number of nitrogens with two attached hydrogens (primary N) is 1. The number of nitrogens with zero attached hydrogens (tertiary/aromatic N) is 1. The molecule has 2 fully saturated rings. The summed E-state index contributed by atoms with van der Waals surface area (Å²) in [5.41, 5.74) is 6.48. The van der Waals surface area contributed by atoms with Gasteiger partial charge in [-0.25, -0.2) is 0 Å². The monoisotopic (exact) mass is 210 g/mol. The predicted octanol–water partition coefficient (Wildman–Crippen LogP) is 2.52. The molecule has 88 valence electrons. The van der Waals surface area contributed by atoms with Gasteiger partial charge in [0.15, 0.2) is 0 Å². The minimum Gasteiger partial charge on any atom is -0.329 e. The van der Waals surface area contributed by atoms with E-state index in [-0.39, 0.29) is 0 Å². The summed E-state index contributed by atoms with van der Waals surface area (Å²) in [6.07, 6.45) is 11.1. The molecule has 2 aliphatic rings. The quantitative estimate of drug-likeness (QED) is 0.710. The van der Waals surface area contributed by atoms with Crippen LogP contribution in [0.15, 0.2) is 0 Å². The molecular formula is C13H26N2. The summed E-state index contributed by atoms with van der Waals surface area (Å²) < 4.78 is 0. The molecule has 1 heterocycles. The Labute approximate surface area is 94.2 Å². The minimum absolute atomic E-state index is 0.367. The highest BCUT2D eigenvalue weighted by Crippen LogP contribution is 2.36. The molecule has 1 atom stereocenters. The Morgan fingerprint density at radius 3 is 2.27 bits per heavy atom. The molecule has 2 nitrogen and oxygen atoms in total. The fourth-order valence-corrected chi connectivity index (χ4v) is 3.63. The number of hydrogen-bond acceptors (Lipinski definition) is 2. The lowest BCUT2D eigenvalue weighted by Crippen LogP contribution is -2.54. The highest BCUT2D eigenvalue weighted by atomic mass is 15.2. The van der Waals surface area contributed by atoms with E-state index in [0.717, 1.165) is 12.6 Å². The topological polar surface area (TPSA) is 29.3 Å².